The first-order chi connectivity index (χ1) is 15.9. The molecular formula is C25H29N3O6. The molecule has 0 saturated carbocycles. The van der Waals surface area contributed by atoms with Gasteiger partial charge < -0.3 is 14.8 Å². The van der Waals surface area contributed by atoms with Gasteiger partial charge in [0.25, 0.3) is 5.91 Å². The second-order valence-electron chi connectivity index (χ2n) is 9.49. The summed E-state index contributed by atoms with van der Waals surface area (Å²) in [5.41, 5.74) is 6.33. The molecule has 3 N–H and O–H groups in total. The highest BCUT2D eigenvalue weighted by Crippen LogP contribution is 2.44. The number of hydrogen-bond acceptors (Lipinski definition) is 6. The van der Waals surface area contributed by atoms with Gasteiger partial charge in [0.15, 0.2) is 0 Å². The molecule has 0 unspecified atom stereocenters. The molecule has 180 valence electrons. The van der Waals surface area contributed by atoms with E-state index in [1.165, 1.54) is 13.8 Å². The minimum absolute atomic E-state index is 0.0779. The highest BCUT2D eigenvalue weighted by Gasteiger charge is 2.34. The maximum atomic E-state index is 12.5. The molecule has 0 heterocycles. The molecule has 3 rings (SSSR count). The fourth-order valence-electron chi connectivity index (χ4n) is 3.61. The zero-order valence-electron chi connectivity index (χ0n) is 19.9. The molecule has 1 aliphatic rings. The van der Waals surface area contributed by atoms with Crippen LogP contribution in [0.4, 0.5) is 4.79 Å². The average molecular weight is 468 g/mol. The van der Waals surface area contributed by atoms with Gasteiger partial charge >= 0.3 is 18.0 Å². The van der Waals surface area contributed by atoms with E-state index >= 15 is 0 Å². The summed E-state index contributed by atoms with van der Waals surface area (Å²) in [4.78, 5) is 48.6. The van der Waals surface area contributed by atoms with Crippen LogP contribution in [0.1, 0.15) is 51.7 Å². The highest BCUT2D eigenvalue weighted by molar-refractivity contribution is 6.33. The van der Waals surface area contributed by atoms with Crippen LogP contribution in [0.2, 0.25) is 0 Å². The van der Waals surface area contributed by atoms with Gasteiger partial charge in [-0.05, 0) is 56.9 Å². The van der Waals surface area contributed by atoms with Gasteiger partial charge in [-0.2, -0.15) is 0 Å². The van der Waals surface area contributed by atoms with Gasteiger partial charge in [-0.3, -0.25) is 15.0 Å². The lowest BCUT2D eigenvalue weighted by molar-refractivity contribution is -0.164. The van der Waals surface area contributed by atoms with Crippen molar-refractivity contribution in [3.8, 4) is 11.1 Å². The predicted octanol–water partition coefficient (Wildman–Crippen LogP) is 2.79. The largest absolute Gasteiger partial charge is 0.453 e. The molecule has 0 atom stereocenters. The van der Waals surface area contributed by atoms with Crippen molar-refractivity contribution in [2.75, 3.05) is 6.61 Å². The zero-order chi connectivity index (χ0) is 25.1. The Kier molecular flexibility index (Phi) is 6.95. The maximum Gasteiger partial charge on any atom is 0.426 e. The smallest absolute Gasteiger partial charge is 0.426 e. The van der Waals surface area contributed by atoms with Crippen molar-refractivity contribution in [1.82, 2.24) is 16.2 Å². The molecule has 9 heteroatoms. The van der Waals surface area contributed by atoms with Crippen LogP contribution in [0.5, 0.6) is 0 Å². The van der Waals surface area contributed by atoms with Gasteiger partial charge in [0.1, 0.15) is 17.7 Å². The van der Waals surface area contributed by atoms with E-state index in [0.29, 0.717) is 0 Å². The topological polar surface area (TPSA) is 123 Å². The summed E-state index contributed by atoms with van der Waals surface area (Å²) in [7, 11) is 0. The normalized spacial score (nSPS) is 12.7. The van der Waals surface area contributed by atoms with Crippen LogP contribution in [0, 0.1) is 0 Å². The monoisotopic (exact) mass is 467 g/mol. The van der Waals surface area contributed by atoms with Gasteiger partial charge in [0, 0.05) is 5.92 Å². The van der Waals surface area contributed by atoms with Crippen molar-refractivity contribution in [2.45, 2.75) is 51.7 Å². The average Bonchev–Trinajstić information content (AvgIpc) is 3.08. The van der Waals surface area contributed by atoms with E-state index in [9.17, 15) is 19.2 Å². The van der Waals surface area contributed by atoms with Crippen molar-refractivity contribution in [2.24, 2.45) is 0 Å². The Balaban J connectivity index is 1.53. The number of benzene rings is 2. The van der Waals surface area contributed by atoms with Crippen LogP contribution in [0.15, 0.2) is 48.5 Å². The summed E-state index contributed by atoms with van der Waals surface area (Å²) in [5.74, 6) is -3.06. The lowest BCUT2D eigenvalue weighted by Gasteiger charge is -2.26. The molecule has 2 aromatic carbocycles. The number of rotatable bonds is 4. The number of hydrogen-bond donors (Lipinski definition) is 3. The number of carbonyl (C=O) groups excluding carboxylic acids is 4. The second-order valence-corrected chi connectivity index (χ2v) is 9.49. The molecule has 34 heavy (non-hydrogen) atoms. The molecule has 0 saturated heterocycles. The fourth-order valence-corrected chi connectivity index (χ4v) is 3.61. The first-order valence-electron chi connectivity index (χ1n) is 10.9. The molecule has 3 amide bonds. The van der Waals surface area contributed by atoms with E-state index in [1.54, 1.807) is 20.8 Å². The molecule has 1 aliphatic carbocycles. The summed E-state index contributed by atoms with van der Waals surface area (Å²) < 4.78 is 10.3. The number of esters is 1. The van der Waals surface area contributed by atoms with Crippen LogP contribution < -0.4 is 16.2 Å². The Morgan fingerprint density at radius 3 is 1.88 bits per heavy atom. The van der Waals surface area contributed by atoms with Crippen molar-refractivity contribution in [1.29, 1.82) is 0 Å². The third-order valence-electron chi connectivity index (χ3n) is 5.20. The van der Waals surface area contributed by atoms with Crippen LogP contribution in [-0.2, 0) is 23.9 Å². The van der Waals surface area contributed by atoms with Crippen LogP contribution in [0.3, 0.4) is 0 Å². The lowest BCUT2D eigenvalue weighted by Crippen LogP contribution is -2.59. The first kappa shape index (κ1) is 24.8. The van der Waals surface area contributed by atoms with Gasteiger partial charge in [-0.1, -0.05) is 48.5 Å². The maximum absolute atomic E-state index is 12.5. The summed E-state index contributed by atoms with van der Waals surface area (Å²) in [6.45, 7) is 7.69. The Morgan fingerprint density at radius 2 is 1.35 bits per heavy atom. The van der Waals surface area contributed by atoms with Crippen molar-refractivity contribution < 1.29 is 28.7 Å². The zero-order valence-corrected chi connectivity index (χ0v) is 19.9. The van der Waals surface area contributed by atoms with Gasteiger partial charge in [-0.25, -0.2) is 15.0 Å². The van der Waals surface area contributed by atoms with Gasteiger partial charge in [0.05, 0.1) is 0 Å². The molecule has 2 aromatic rings. The molecule has 0 fully saturated rings. The Bertz CT molecular complexity index is 1070. The third kappa shape index (κ3) is 5.72. The number of nitrogens with one attached hydrogen (secondary N) is 3. The van der Waals surface area contributed by atoms with Gasteiger partial charge in [0.2, 0.25) is 0 Å². The molecule has 9 nitrogen and oxygen atoms in total. The van der Waals surface area contributed by atoms with E-state index in [4.69, 9.17) is 9.47 Å². The second kappa shape index (κ2) is 9.54. The van der Waals surface area contributed by atoms with E-state index < -0.39 is 35.0 Å². The summed E-state index contributed by atoms with van der Waals surface area (Å²) in [6, 6.07) is 15.9. The number of amides is 3. The van der Waals surface area contributed by atoms with Crippen LogP contribution in [-0.4, -0.2) is 41.6 Å². The molecule has 0 spiro atoms. The summed E-state index contributed by atoms with van der Waals surface area (Å²) >= 11 is 0. The Hall–Kier alpha value is -3.88. The minimum atomic E-state index is -1.51. The summed E-state index contributed by atoms with van der Waals surface area (Å²) in [6.07, 6.45) is -0.857. The summed E-state index contributed by atoms with van der Waals surface area (Å²) in [5, 5.41) is 2.28. The van der Waals surface area contributed by atoms with Crippen molar-refractivity contribution in [3.63, 3.8) is 0 Å². The predicted molar refractivity (Wildman–Crippen MR) is 124 cm³/mol. The Morgan fingerprint density at radius 1 is 0.824 bits per heavy atom. The molecular weight excluding hydrogens is 438 g/mol. The molecule has 0 aromatic heterocycles. The SMILES string of the molecule is CC(C)(C)OC(=O)C(=O)NC(C)(C)C(=O)NNC(=O)OCC1c2ccccc2-c2ccccc21. The first-order valence-corrected chi connectivity index (χ1v) is 10.9. The number of carbonyl (C=O) groups is 4. The van der Waals surface area contributed by atoms with E-state index in [0.717, 1.165) is 22.3 Å². The quantitative estimate of drug-likeness (QED) is 0.361. The van der Waals surface area contributed by atoms with Crippen LogP contribution in [0.25, 0.3) is 11.1 Å². The van der Waals surface area contributed by atoms with Crippen molar-refractivity contribution in [3.05, 3.63) is 59.7 Å². The standard InChI is InChI=1S/C25H29N3O6/c1-24(2,3)34-21(30)20(29)26-25(4,5)22(31)27-28-23(32)33-14-19-17-12-8-6-10-15(17)16-11-7-9-13-18(16)19/h6-13,19H,14H2,1-5H3,(H,26,29)(H,27,31)(H,28,32). The number of hydrazine groups is 1. The van der Waals surface area contributed by atoms with Gasteiger partial charge in [-0.15, -0.1) is 0 Å². The number of ether oxygens (including phenoxy) is 2. The molecule has 0 bridgehead atoms. The third-order valence-corrected chi connectivity index (χ3v) is 5.20. The lowest BCUT2D eigenvalue weighted by atomic mass is 9.98. The molecule has 0 aliphatic heterocycles. The van der Waals surface area contributed by atoms with E-state index in [1.807, 2.05) is 48.5 Å². The van der Waals surface area contributed by atoms with Crippen LogP contribution >= 0.6 is 0 Å². The van der Waals surface area contributed by atoms with E-state index in [-0.39, 0.29) is 12.5 Å². The molecule has 0 radical (unpaired) electrons. The van der Waals surface area contributed by atoms with E-state index in [2.05, 4.69) is 16.2 Å². The Labute approximate surface area is 198 Å². The highest BCUT2D eigenvalue weighted by atomic mass is 16.6. The fraction of sp³-hybridized carbons (Fsp3) is 0.360. The minimum Gasteiger partial charge on any atom is -0.453 e. The number of fused-ring (bicyclic) bond motifs is 3. The van der Waals surface area contributed by atoms with Crippen molar-refractivity contribution >= 4 is 23.9 Å².